The first-order chi connectivity index (χ1) is 14.6. The van der Waals surface area contributed by atoms with Crippen LogP contribution in [0.1, 0.15) is 21.6 Å². The maximum absolute atomic E-state index is 12.0. The number of nitrogens with one attached hydrogen (secondary N) is 2. The summed E-state index contributed by atoms with van der Waals surface area (Å²) in [5.41, 5.74) is 9.27. The van der Waals surface area contributed by atoms with Gasteiger partial charge in [-0.25, -0.2) is 0 Å². The summed E-state index contributed by atoms with van der Waals surface area (Å²) in [5.74, 6) is 0.395. The Hall–Kier alpha value is -3.22. The molecule has 152 valence electrons. The predicted octanol–water partition coefficient (Wildman–Crippen LogP) is 4.72. The van der Waals surface area contributed by atoms with E-state index in [1.54, 1.807) is 18.9 Å². The topological polar surface area (TPSA) is 80.1 Å². The van der Waals surface area contributed by atoms with Gasteiger partial charge in [0.1, 0.15) is 11.4 Å². The molecule has 1 amide bonds. The van der Waals surface area contributed by atoms with E-state index in [0.717, 1.165) is 44.1 Å². The number of carbonyl (C=O) groups is 1. The Morgan fingerprint density at radius 3 is 2.50 bits per heavy atom. The first-order valence-corrected chi connectivity index (χ1v) is 10.5. The van der Waals surface area contributed by atoms with E-state index < -0.39 is 5.91 Å². The van der Waals surface area contributed by atoms with Gasteiger partial charge < -0.3 is 20.8 Å². The number of primary amides is 1. The lowest BCUT2D eigenvalue weighted by Gasteiger charge is -2.07. The fourth-order valence-corrected chi connectivity index (χ4v) is 4.42. The third kappa shape index (κ3) is 4.50. The molecule has 0 aliphatic carbocycles. The molecule has 30 heavy (non-hydrogen) atoms. The van der Waals surface area contributed by atoms with E-state index >= 15 is 0 Å². The third-order valence-corrected chi connectivity index (χ3v) is 5.95. The largest absolute Gasteiger partial charge is 0.497 e. The van der Waals surface area contributed by atoms with Gasteiger partial charge in [-0.2, -0.15) is 0 Å². The highest BCUT2D eigenvalue weighted by molar-refractivity contribution is 7.99. The molecule has 6 heteroatoms. The van der Waals surface area contributed by atoms with Crippen molar-refractivity contribution in [3.8, 4) is 5.75 Å². The maximum Gasteiger partial charge on any atom is 0.266 e. The van der Waals surface area contributed by atoms with E-state index in [1.165, 1.54) is 0 Å². The van der Waals surface area contributed by atoms with Crippen LogP contribution in [0.25, 0.3) is 10.9 Å². The van der Waals surface area contributed by atoms with E-state index in [1.807, 2.05) is 54.6 Å². The zero-order valence-corrected chi connectivity index (χ0v) is 17.5. The summed E-state index contributed by atoms with van der Waals surface area (Å²) in [6.45, 7) is 1.45. The molecule has 0 unspecified atom stereocenters. The van der Waals surface area contributed by atoms with Crippen LogP contribution in [0.2, 0.25) is 0 Å². The number of benzene rings is 3. The number of carbonyl (C=O) groups excluding carboxylic acids is 1. The number of methoxy groups -OCH3 is 1. The minimum absolute atomic E-state index is 0.445. The van der Waals surface area contributed by atoms with Crippen LogP contribution in [-0.2, 0) is 13.1 Å². The summed E-state index contributed by atoms with van der Waals surface area (Å²) in [4.78, 5) is 17.1. The SMILES string of the molecule is COc1cccc(CNCc2ccc3c(Sc4ccccc4)c(C(N)=O)[nH]c3c2)c1. The molecule has 0 bridgehead atoms. The maximum atomic E-state index is 12.0. The van der Waals surface area contributed by atoms with Gasteiger partial charge in [-0.05, 0) is 41.5 Å². The highest BCUT2D eigenvalue weighted by Crippen LogP contribution is 2.36. The molecule has 0 fully saturated rings. The van der Waals surface area contributed by atoms with E-state index in [9.17, 15) is 4.79 Å². The van der Waals surface area contributed by atoms with Crippen LogP contribution >= 0.6 is 11.8 Å². The standard InChI is InChI=1S/C24H23N3O2S/c1-29-18-7-5-6-16(12-18)14-26-15-17-10-11-20-21(13-17)27-22(24(25)28)23(20)30-19-8-3-2-4-9-19/h2-13,26-27H,14-15H2,1H3,(H2,25,28). The van der Waals surface area contributed by atoms with Crippen molar-refractivity contribution in [2.24, 2.45) is 5.73 Å². The van der Waals surface area contributed by atoms with Crippen LogP contribution in [0, 0.1) is 0 Å². The molecule has 4 N–H and O–H groups in total. The zero-order chi connectivity index (χ0) is 20.9. The van der Waals surface area contributed by atoms with Gasteiger partial charge in [0.05, 0.1) is 12.0 Å². The molecule has 0 saturated carbocycles. The minimum atomic E-state index is -0.456. The van der Waals surface area contributed by atoms with Crippen molar-refractivity contribution in [2.45, 2.75) is 22.9 Å². The highest BCUT2D eigenvalue weighted by atomic mass is 32.2. The van der Waals surface area contributed by atoms with E-state index in [0.29, 0.717) is 12.2 Å². The van der Waals surface area contributed by atoms with Crippen molar-refractivity contribution in [3.63, 3.8) is 0 Å². The number of aromatic amines is 1. The van der Waals surface area contributed by atoms with Gasteiger partial charge in [-0.3, -0.25) is 4.79 Å². The fraction of sp³-hybridized carbons (Fsp3) is 0.125. The molecule has 4 rings (SSSR count). The average Bonchev–Trinajstić information content (AvgIpc) is 3.12. The molecule has 4 aromatic rings. The second-order valence-electron chi connectivity index (χ2n) is 6.94. The molecule has 0 atom stereocenters. The zero-order valence-electron chi connectivity index (χ0n) is 16.6. The van der Waals surface area contributed by atoms with Crippen LogP contribution in [0.5, 0.6) is 5.75 Å². The molecule has 1 heterocycles. The van der Waals surface area contributed by atoms with Crippen LogP contribution in [0.3, 0.4) is 0 Å². The number of hydrogen-bond acceptors (Lipinski definition) is 4. The van der Waals surface area contributed by atoms with E-state index in [2.05, 4.69) is 28.5 Å². The van der Waals surface area contributed by atoms with Gasteiger partial charge in [0.15, 0.2) is 0 Å². The quantitative estimate of drug-likeness (QED) is 0.388. The summed E-state index contributed by atoms with van der Waals surface area (Å²) in [7, 11) is 1.67. The number of fused-ring (bicyclic) bond motifs is 1. The summed E-state index contributed by atoms with van der Waals surface area (Å²) in [5, 5.41) is 4.45. The highest BCUT2D eigenvalue weighted by Gasteiger charge is 2.17. The second kappa shape index (κ2) is 9.07. The number of amides is 1. The minimum Gasteiger partial charge on any atom is -0.497 e. The lowest BCUT2D eigenvalue weighted by molar-refractivity contribution is 0.0993. The summed E-state index contributed by atoms with van der Waals surface area (Å²) < 4.78 is 5.27. The van der Waals surface area contributed by atoms with Crippen molar-refractivity contribution < 1.29 is 9.53 Å². The summed E-state index contributed by atoms with van der Waals surface area (Å²) in [6.07, 6.45) is 0. The number of ether oxygens (including phenoxy) is 1. The van der Waals surface area contributed by atoms with E-state index in [-0.39, 0.29) is 0 Å². The molecule has 3 aromatic carbocycles. The fourth-order valence-electron chi connectivity index (χ4n) is 3.35. The Morgan fingerprint density at radius 2 is 1.77 bits per heavy atom. The molecule has 5 nitrogen and oxygen atoms in total. The van der Waals surface area contributed by atoms with Crippen LogP contribution < -0.4 is 15.8 Å². The number of rotatable bonds is 8. The summed E-state index contributed by atoms with van der Waals surface area (Å²) in [6, 6.07) is 24.2. The number of hydrogen-bond donors (Lipinski definition) is 3. The van der Waals surface area contributed by atoms with Crippen LogP contribution in [-0.4, -0.2) is 18.0 Å². The van der Waals surface area contributed by atoms with Crippen molar-refractivity contribution >= 4 is 28.6 Å². The molecule has 0 radical (unpaired) electrons. The van der Waals surface area contributed by atoms with Crippen molar-refractivity contribution in [1.29, 1.82) is 0 Å². The predicted molar refractivity (Wildman–Crippen MR) is 121 cm³/mol. The lowest BCUT2D eigenvalue weighted by Crippen LogP contribution is -2.12. The van der Waals surface area contributed by atoms with Gasteiger partial charge in [0.2, 0.25) is 0 Å². The molecule has 0 aliphatic heterocycles. The lowest BCUT2D eigenvalue weighted by atomic mass is 10.1. The smallest absolute Gasteiger partial charge is 0.266 e. The molecular weight excluding hydrogens is 394 g/mol. The van der Waals surface area contributed by atoms with Crippen LogP contribution in [0.4, 0.5) is 0 Å². The average molecular weight is 418 g/mol. The molecule has 0 spiro atoms. The number of H-pyrrole nitrogens is 1. The van der Waals surface area contributed by atoms with Gasteiger partial charge in [-0.1, -0.05) is 54.2 Å². The normalized spacial score (nSPS) is 11.0. The first-order valence-electron chi connectivity index (χ1n) is 9.65. The Balaban J connectivity index is 1.53. The third-order valence-electron chi connectivity index (χ3n) is 4.82. The summed E-state index contributed by atoms with van der Waals surface area (Å²) >= 11 is 1.54. The van der Waals surface area contributed by atoms with Crippen molar-refractivity contribution in [3.05, 3.63) is 89.6 Å². The van der Waals surface area contributed by atoms with Gasteiger partial charge >= 0.3 is 0 Å². The Labute approximate surface area is 179 Å². The Morgan fingerprint density at radius 1 is 1.00 bits per heavy atom. The molecule has 0 aliphatic rings. The monoisotopic (exact) mass is 417 g/mol. The Kier molecular flexibility index (Phi) is 6.07. The van der Waals surface area contributed by atoms with Gasteiger partial charge in [0, 0.05) is 28.9 Å². The molecule has 0 saturated heterocycles. The van der Waals surface area contributed by atoms with E-state index in [4.69, 9.17) is 10.5 Å². The Bertz CT molecular complexity index is 1170. The first kappa shape index (κ1) is 20.1. The molecule has 1 aromatic heterocycles. The van der Waals surface area contributed by atoms with Gasteiger partial charge in [-0.15, -0.1) is 0 Å². The van der Waals surface area contributed by atoms with Crippen LogP contribution in [0.15, 0.2) is 82.6 Å². The van der Waals surface area contributed by atoms with Crippen molar-refractivity contribution in [1.82, 2.24) is 10.3 Å². The van der Waals surface area contributed by atoms with Crippen molar-refractivity contribution in [2.75, 3.05) is 7.11 Å². The van der Waals surface area contributed by atoms with Gasteiger partial charge in [0.25, 0.3) is 5.91 Å². The number of nitrogens with two attached hydrogens (primary N) is 1. The second-order valence-corrected chi connectivity index (χ2v) is 8.03. The number of aromatic nitrogens is 1. The molecular formula is C24H23N3O2S.